The summed E-state index contributed by atoms with van der Waals surface area (Å²) in [5, 5.41) is 4.44. The molecule has 22 heavy (non-hydrogen) atoms. The van der Waals surface area contributed by atoms with Gasteiger partial charge in [0, 0.05) is 19.3 Å². The van der Waals surface area contributed by atoms with Gasteiger partial charge in [-0.25, -0.2) is 14.1 Å². The molecule has 5 nitrogen and oxygen atoms in total. The van der Waals surface area contributed by atoms with Gasteiger partial charge < -0.3 is 10.6 Å². The summed E-state index contributed by atoms with van der Waals surface area (Å²) in [5.74, 6) is 0.339. The summed E-state index contributed by atoms with van der Waals surface area (Å²) < 4.78 is 14.6. The van der Waals surface area contributed by atoms with Crippen LogP contribution in [0, 0.1) is 5.82 Å². The number of guanidine groups is 1. The average Bonchev–Trinajstić information content (AvgIpc) is 3.03. The number of nitrogens with zero attached hydrogens (tertiary/aromatic N) is 4. The van der Waals surface area contributed by atoms with Crippen molar-refractivity contribution in [2.24, 2.45) is 10.7 Å². The van der Waals surface area contributed by atoms with Crippen molar-refractivity contribution in [3.8, 4) is 5.69 Å². The minimum atomic E-state index is -0.255. The quantitative estimate of drug-likeness (QED) is 0.699. The molecule has 0 spiro atoms. The zero-order chi connectivity index (χ0) is 15.4. The summed E-state index contributed by atoms with van der Waals surface area (Å²) in [7, 11) is 0. The molecule has 0 radical (unpaired) electrons. The second kappa shape index (κ2) is 6.60. The van der Waals surface area contributed by atoms with E-state index in [-0.39, 0.29) is 5.82 Å². The van der Waals surface area contributed by atoms with Gasteiger partial charge in [-0.1, -0.05) is 0 Å². The maximum atomic E-state index is 12.9. The van der Waals surface area contributed by atoms with E-state index in [0.717, 1.165) is 24.5 Å². The lowest BCUT2D eigenvalue weighted by Gasteiger charge is -2.27. The summed E-state index contributed by atoms with van der Waals surface area (Å²) in [6, 6.07) is 8.12. The molecular formula is C16H20FN5. The molecule has 2 aromatic rings. The molecule has 6 heteroatoms. The Bertz CT molecular complexity index is 641. The first kappa shape index (κ1) is 14.6. The Balaban J connectivity index is 1.65. The highest BCUT2D eigenvalue weighted by Gasteiger charge is 2.11. The number of halogens is 1. The van der Waals surface area contributed by atoms with E-state index >= 15 is 0 Å². The summed E-state index contributed by atoms with van der Waals surface area (Å²) in [6.07, 6.45) is 5.46. The molecule has 2 N–H and O–H groups in total. The Morgan fingerprint density at radius 1 is 1.14 bits per heavy atom. The zero-order valence-corrected chi connectivity index (χ0v) is 12.5. The SMILES string of the molecule is NC(=NCc1ccn(-c2ccc(F)cc2)n1)N1CCCCC1. The molecule has 1 aromatic carbocycles. The number of aromatic nitrogens is 2. The van der Waals surface area contributed by atoms with Gasteiger partial charge in [0.1, 0.15) is 5.82 Å². The normalized spacial score (nSPS) is 16.0. The number of hydrogen-bond donors (Lipinski definition) is 1. The Kier molecular flexibility index (Phi) is 4.37. The minimum absolute atomic E-state index is 0.255. The second-order valence-electron chi connectivity index (χ2n) is 5.45. The fraction of sp³-hybridized carbons (Fsp3) is 0.375. The third kappa shape index (κ3) is 3.44. The van der Waals surface area contributed by atoms with E-state index in [1.807, 2.05) is 12.3 Å². The van der Waals surface area contributed by atoms with Gasteiger partial charge >= 0.3 is 0 Å². The lowest BCUT2D eigenvalue weighted by Crippen LogP contribution is -2.40. The van der Waals surface area contributed by atoms with E-state index in [0.29, 0.717) is 12.5 Å². The fourth-order valence-electron chi connectivity index (χ4n) is 2.57. The molecular weight excluding hydrogens is 281 g/mol. The third-order valence-electron chi connectivity index (χ3n) is 3.82. The number of piperidine rings is 1. The first-order valence-electron chi connectivity index (χ1n) is 7.58. The number of likely N-dealkylation sites (tertiary alicyclic amines) is 1. The van der Waals surface area contributed by atoms with Gasteiger partial charge in [0.25, 0.3) is 0 Å². The molecule has 0 unspecified atom stereocenters. The van der Waals surface area contributed by atoms with Crippen molar-refractivity contribution in [3.05, 3.63) is 48.0 Å². The first-order chi connectivity index (χ1) is 10.7. The van der Waals surface area contributed by atoms with Crippen molar-refractivity contribution in [1.82, 2.24) is 14.7 Å². The molecule has 0 atom stereocenters. The maximum absolute atomic E-state index is 12.9. The predicted octanol–water partition coefficient (Wildman–Crippen LogP) is 2.31. The van der Waals surface area contributed by atoms with E-state index in [1.165, 1.54) is 31.4 Å². The van der Waals surface area contributed by atoms with Crippen molar-refractivity contribution >= 4 is 5.96 Å². The van der Waals surface area contributed by atoms with Crippen LogP contribution in [-0.4, -0.2) is 33.7 Å². The van der Waals surface area contributed by atoms with Gasteiger partial charge in [-0.05, 0) is 49.6 Å². The number of nitrogens with two attached hydrogens (primary N) is 1. The predicted molar refractivity (Wildman–Crippen MR) is 84.3 cm³/mol. The van der Waals surface area contributed by atoms with Crippen LogP contribution >= 0.6 is 0 Å². The molecule has 1 saturated heterocycles. The third-order valence-corrected chi connectivity index (χ3v) is 3.82. The molecule has 0 saturated carbocycles. The van der Waals surface area contributed by atoms with Gasteiger partial charge in [0.05, 0.1) is 17.9 Å². The molecule has 1 aliphatic heterocycles. The molecule has 2 heterocycles. The fourth-order valence-corrected chi connectivity index (χ4v) is 2.57. The maximum Gasteiger partial charge on any atom is 0.191 e. The number of rotatable bonds is 3. The van der Waals surface area contributed by atoms with Crippen LogP contribution in [0.15, 0.2) is 41.5 Å². The van der Waals surface area contributed by atoms with Crippen LogP contribution in [0.3, 0.4) is 0 Å². The molecule has 0 bridgehead atoms. The van der Waals surface area contributed by atoms with Gasteiger partial charge in [0.2, 0.25) is 0 Å². The Morgan fingerprint density at radius 3 is 2.59 bits per heavy atom. The van der Waals surface area contributed by atoms with Crippen LogP contribution in [0.2, 0.25) is 0 Å². The molecule has 1 fully saturated rings. The Hall–Kier alpha value is -2.37. The van der Waals surface area contributed by atoms with Crippen molar-refractivity contribution < 1.29 is 4.39 Å². The highest BCUT2D eigenvalue weighted by atomic mass is 19.1. The monoisotopic (exact) mass is 301 g/mol. The smallest absolute Gasteiger partial charge is 0.191 e. The number of benzene rings is 1. The molecule has 1 aromatic heterocycles. The summed E-state index contributed by atoms with van der Waals surface area (Å²) in [5.41, 5.74) is 7.69. The molecule has 0 amide bonds. The van der Waals surface area contributed by atoms with E-state index in [2.05, 4.69) is 15.0 Å². The summed E-state index contributed by atoms with van der Waals surface area (Å²) >= 11 is 0. The van der Waals surface area contributed by atoms with Crippen molar-refractivity contribution in [1.29, 1.82) is 0 Å². The Morgan fingerprint density at radius 2 is 1.86 bits per heavy atom. The van der Waals surface area contributed by atoms with Gasteiger partial charge in [-0.3, -0.25) is 0 Å². The Labute approximate surface area is 129 Å². The van der Waals surface area contributed by atoms with Crippen LogP contribution in [0.5, 0.6) is 0 Å². The number of aliphatic imine (C=N–C) groups is 1. The molecule has 0 aliphatic carbocycles. The lowest BCUT2D eigenvalue weighted by atomic mass is 10.1. The van der Waals surface area contributed by atoms with Crippen LogP contribution in [-0.2, 0) is 6.54 Å². The minimum Gasteiger partial charge on any atom is -0.370 e. The van der Waals surface area contributed by atoms with Crippen molar-refractivity contribution in [3.63, 3.8) is 0 Å². The molecule has 1 aliphatic rings. The summed E-state index contributed by atoms with van der Waals surface area (Å²) in [6.45, 7) is 2.43. The largest absolute Gasteiger partial charge is 0.370 e. The van der Waals surface area contributed by atoms with Crippen LogP contribution in [0.1, 0.15) is 25.0 Å². The first-order valence-corrected chi connectivity index (χ1v) is 7.58. The van der Waals surface area contributed by atoms with Gasteiger partial charge in [0.15, 0.2) is 5.96 Å². The van der Waals surface area contributed by atoms with Crippen molar-refractivity contribution in [2.75, 3.05) is 13.1 Å². The topological polar surface area (TPSA) is 59.4 Å². The number of hydrogen-bond acceptors (Lipinski definition) is 2. The summed E-state index contributed by atoms with van der Waals surface area (Å²) in [4.78, 5) is 6.55. The van der Waals surface area contributed by atoms with Crippen molar-refractivity contribution in [2.45, 2.75) is 25.8 Å². The van der Waals surface area contributed by atoms with Crippen LogP contribution in [0.4, 0.5) is 4.39 Å². The molecule has 116 valence electrons. The lowest BCUT2D eigenvalue weighted by molar-refractivity contribution is 0.338. The highest BCUT2D eigenvalue weighted by molar-refractivity contribution is 5.78. The van der Waals surface area contributed by atoms with E-state index < -0.39 is 0 Å². The molecule has 3 rings (SSSR count). The highest BCUT2D eigenvalue weighted by Crippen LogP contribution is 2.11. The van der Waals surface area contributed by atoms with E-state index in [4.69, 9.17) is 5.73 Å². The second-order valence-corrected chi connectivity index (χ2v) is 5.45. The van der Waals surface area contributed by atoms with E-state index in [9.17, 15) is 4.39 Å². The van der Waals surface area contributed by atoms with E-state index in [1.54, 1.807) is 16.8 Å². The average molecular weight is 301 g/mol. The van der Waals surface area contributed by atoms with Crippen LogP contribution < -0.4 is 5.73 Å². The standard InChI is InChI=1S/C16H20FN5/c17-13-4-6-15(7-5-13)22-11-8-14(20-22)12-19-16(18)21-9-2-1-3-10-21/h4-8,11H,1-3,9-10,12H2,(H2,18,19). The van der Waals surface area contributed by atoms with Gasteiger partial charge in [-0.15, -0.1) is 0 Å². The van der Waals surface area contributed by atoms with Gasteiger partial charge in [-0.2, -0.15) is 5.10 Å². The zero-order valence-electron chi connectivity index (χ0n) is 12.5. The van der Waals surface area contributed by atoms with Crippen LogP contribution in [0.25, 0.3) is 5.69 Å².